The number of anilines is 1. The molecule has 3 rings (SSSR count). The number of thioether (sulfide) groups is 1. The van der Waals surface area contributed by atoms with Gasteiger partial charge in [0.2, 0.25) is 0 Å². The van der Waals surface area contributed by atoms with Gasteiger partial charge in [-0.1, -0.05) is 29.4 Å². The van der Waals surface area contributed by atoms with Crippen molar-refractivity contribution in [1.82, 2.24) is 0 Å². The lowest BCUT2D eigenvalue weighted by Gasteiger charge is -2.19. The smallest absolute Gasteiger partial charge is 0.320 e. The summed E-state index contributed by atoms with van der Waals surface area (Å²) >= 11 is 13.3. The summed E-state index contributed by atoms with van der Waals surface area (Å²) < 4.78 is 39.0. The van der Waals surface area contributed by atoms with Crippen LogP contribution in [0.15, 0.2) is 53.5 Å². The lowest BCUT2D eigenvalue weighted by atomic mass is 10.2. The minimum Gasteiger partial charge on any atom is -0.320 e. The fraction of sp³-hybridized carbons (Fsp3) is 0.235. The molecule has 1 unspecified atom stereocenters. The van der Waals surface area contributed by atoms with Crippen LogP contribution >= 0.6 is 35.0 Å². The van der Waals surface area contributed by atoms with E-state index in [-0.39, 0.29) is 5.25 Å². The number of aliphatic imine (C=N–C) groups is 1. The summed E-state index contributed by atoms with van der Waals surface area (Å²) in [5.41, 5.74) is 0.442. The molecule has 0 radical (unpaired) electrons. The van der Waals surface area contributed by atoms with Crippen molar-refractivity contribution in [2.75, 3.05) is 17.3 Å². The number of rotatable bonds is 3. The number of nitrogens with zero attached hydrogens (tertiary/aromatic N) is 2. The number of hydrogen-bond acceptors (Lipinski definition) is 2. The van der Waals surface area contributed by atoms with Gasteiger partial charge in [0.15, 0.2) is 5.17 Å². The molecule has 0 saturated carbocycles. The second kappa shape index (κ2) is 7.48. The Bertz CT molecular complexity index is 778. The van der Waals surface area contributed by atoms with Gasteiger partial charge in [-0.25, -0.2) is 4.99 Å². The normalized spacial score (nSPS) is 19.6. The summed E-state index contributed by atoms with van der Waals surface area (Å²) in [7, 11) is 0. The number of alkyl halides is 4. The van der Waals surface area contributed by atoms with Gasteiger partial charge in [-0.15, -0.1) is 11.6 Å². The lowest BCUT2D eigenvalue weighted by molar-refractivity contribution is -0.137. The van der Waals surface area contributed by atoms with E-state index in [4.69, 9.17) is 23.2 Å². The Balaban J connectivity index is 1.96. The lowest BCUT2D eigenvalue weighted by Crippen LogP contribution is -2.26. The van der Waals surface area contributed by atoms with E-state index in [9.17, 15) is 13.2 Å². The first-order valence-electron chi connectivity index (χ1n) is 7.38. The second-order valence-corrected chi connectivity index (χ2v) is 7.44. The molecule has 1 heterocycles. The van der Waals surface area contributed by atoms with Crippen molar-refractivity contribution in [1.29, 1.82) is 0 Å². The van der Waals surface area contributed by atoms with Gasteiger partial charge in [0.05, 0.1) is 11.3 Å². The highest BCUT2D eigenvalue weighted by Gasteiger charge is 2.33. The van der Waals surface area contributed by atoms with E-state index in [1.54, 1.807) is 35.2 Å². The average Bonchev–Trinajstić information content (AvgIpc) is 2.99. The number of hydrogen-bond donors (Lipinski definition) is 0. The maximum absolute atomic E-state index is 13.0. The van der Waals surface area contributed by atoms with Gasteiger partial charge in [-0.2, -0.15) is 13.2 Å². The van der Waals surface area contributed by atoms with E-state index in [1.807, 2.05) is 0 Å². The van der Waals surface area contributed by atoms with E-state index in [2.05, 4.69) is 4.99 Å². The van der Waals surface area contributed by atoms with E-state index in [1.165, 1.54) is 17.8 Å². The standard InChI is InChI=1S/C17H13Cl2F3N2S/c18-9-15-10-24(14-3-1-2-11(8-14)17(20,21)22)16(25-15)23-13-6-4-12(19)5-7-13/h1-8,15H,9-10H2. The van der Waals surface area contributed by atoms with Gasteiger partial charge in [-0.3, -0.25) is 0 Å². The molecule has 1 aliphatic heterocycles. The highest BCUT2D eigenvalue weighted by atomic mass is 35.5. The summed E-state index contributed by atoms with van der Waals surface area (Å²) in [5.74, 6) is 0.389. The van der Waals surface area contributed by atoms with Gasteiger partial charge in [0, 0.05) is 28.4 Å². The molecule has 25 heavy (non-hydrogen) atoms. The highest BCUT2D eigenvalue weighted by molar-refractivity contribution is 8.15. The van der Waals surface area contributed by atoms with Gasteiger partial charge >= 0.3 is 6.18 Å². The van der Waals surface area contributed by atoms with Gasteiger partial charge in [-0.05, 0) is 42.5 Å². The molecule has 0 bridgehead atoms. The highest BCUT2D eigenvalue weighted by Crippen LogP contribution is 2.36. The summed E-state index contributed by atoms with van der Waals surface area (Å²) in [5, 5.41) is 1.27. The minimum absolute atomic E-state index is 0.0576. The van der Waals surface area contributed by atoms with Crippen molar-refractivity contribution in [3.05, 3.63) is 59.1 Å². The molecular formula is C17H13Cl2F3N2S. The Hall–Kier alpha value is -1.37. The summed E-state index contributed by atoms with van der Waals surface area (Å²) in [6, 6.07) is 12.2. The third-order valence-electron chi connectivity index (χ3n) is 3.60. The number of benzene rings is 2. The van der Waals surface area contributed by atoms with Crippen LogP contribution < -0.4 is 4.90 Å². The molecule has 1 aliphatic rings. The van der Waals surface area contributed by atoms with E-state index in [0.29, 0.717) is 34.0 Å². The summed E-state index contributed by atoms with van der Waals surface area (Å²) in [6.45, 7) is 0.502. The van der Waals surface area contributed by atoms with E-state index >= 15 is 0 Å². The Kier molecular flexibility index (Phi) is 5.51. The molecule has 0 amide bonds. The third kappa shape index (κ3) is 4.43. The zero-order valence-electron chi connectivity index (χ0n) is 12.8. The monoisotopic (exact) mass is 404 g/mol. The van der Waals surface area contributed by atoms with Crippen LogP contribution in [0, 0.1) is 0 Å². The Morgan fingerprint density at radius 3 is 2.52 bits per heavy atom. The van der Waals surface area contributed by atoms with Crippen molar-refractivity contribution >= 4 is 51.5 Å². The van der Waals surface area contributed by atoms with Crippen LogP contribution in [0.2, 0.25) is 5.02 Å². The van der Waals surface area contributed by atoms with Crippen LogP contribution in [0.1, 0.15) is 5.56 Å². The Morgan fingerprint density at radius 2 is 1.88 bits per heavy atom. The number of amidine groups is 1. The van der Waals surface area contributed by atoms with Crippen LogP contribution in [0.25, 0.3) is 0 Å². The number of halogens is 5. The largest absolute Gasteiger partial charge is 0.416 e. The first-order valence-corrected chi connectivity index (χ1v) is 9.18. The first-order chi connectivity index (χ1) is 11.9. The minimum atomic E-state index is -4.39. The molecule has 0 aromatic heterocycles. The quantitative estimate of drug-likeness (QED) is 0.565. The topological polar surface area (TPSA) is 15.6 Å². The zero-order chi connectivity index (χ0) is 18.0. The third-order valence-corrected chi connectivity index (χ3v) is 5.58. The fourth-order valence-electron chi connectivity index (χ4n) is 2.39. The maximum Gasteiger partial charge on any atom is 0.416 e. The molecule has 2 aromatic carbocycles. The summed E-state index contributed by atoms with van der Waals surface area (Å²) in [4.78, 5) is 6.32. The Labute approximate surface area is 157 Å². The molecule has 2 aromatic rings. The molecule has 132 valence electrons. The van der Waals surface area contributed by atoms with Gasteiger partial charge in [0.1, 0.15) is 0 Å². The van der Waals surface area contributed by atoms with Gasteiger partial charge < -0.3 is 4.90 Å². The van der Waals surface area contributed by atoms with Crippen LogP contribution in [0.4, 0.5) is 24.5 Å². The van der Waals surface area contributed by atoms with Crippen LogP contribution in [0.5, 0.6) is 0 Å². The predicted octanol–water partition coefficient (Wildman–Crippen LogP) is 6.21. The van der Waals surface area contributed by atoms with Crippen molar-refractivity contribution in [3.8, 4) is 0 Å². The molecule has 2 nitrogen and oxygen atoms in total. The van der Waals surface area contributed by atoms with Crippen molar-refractivity contribution in [2.45, 2.75) is 11.4 Å². The van der Waals surface area contributed by atoms with Crippen molar-refractivity contribution in [3.63, 3.8) is 0 Å². The molecule has 1 saturated heterocycles. The predicted molar refractivity (Wildman–Crippen MR) is 99.4 cm³/mol. The van der Waals surface area contributed by atoms with Crippen molar-refractivity contribution in [2.24, 2.45) is 4.99 Å². The zero-order valence-corrected chi connectivity index (χ0v) is 15.1. The SMILES string of the molecule is FC(F)(F)c1cccc(N2CC(CCl)SC2=Nc2ccc(Cl)cc2)c1. The molecule has 1 fully saturated rings. The molecular weight excluding hydrogens is 392 g/mol. The van der Waals surface area contributed by atoms with E-state index < -0.39 is 11.7 Å². The fourth-order valence-corrected chi connectivity index (χ4v) is 3.85. The maximum atomic E-state index is 13.0. The van der Waals surface area contributed by atoms with Crippen LogP contribution in [-0.4, -0.2) is 22.8 Å². The molecule has 0 aliphatic carbocycles. The first kappa shape index (κ1) is 18.4. The Morgan fingerprint density at radius 1 is 1.16 bits per heavy atom. The van der Waals surface area contributed by atoms with Crippen LogP contribution in [-0.2, 0) is 6.18 Å². The molecule has 1 atom stereocenters. The van der Waals surface area contributed by atoms with E-state index in [0.717, 1.165) is 12.1 Å². The molecule has 8 heteroatoms. The summed E-state index contributed by atoms with van der Waals surface area (Å²) in [6.07, 6.45) is -4.39. The second-order valence-electron chi connectivity index (χ2n) is 5.42. The van der Waals surface area contributed by atoms with Gasteiger partial charge in [0.25, 0.3) is 0 Å². The van der Waals surface area contributed by atoms with Crippen LogP contribution in [0.3, 0.4) is 0 Å². The average molecular weight is 405 g/mol. The molecule has 0 spiro atoms. The molecule has 0 N–H and O–H groups in total. The van der Waals surface area contributed by atoms with Crippen molar-refractivity contribution < 1.29 is 13.2 Å².